The molecular weight excluding hydrogens is 268 g/mol. The van der Waals surface area contributed by atoms with Gasteiger partial charge in [-0.15, -0.1) is 0 Å². The first kappa shape index (κ1) is 15.4. The molecular formula is C20H36N2. The Morgan fingerprint density at radius 3 is 2.23 bits per heavy atom. The highest BCUT2D eigenvalue weighted by atomic mass is 15.2. The molecule has 0 aromatic heterocycles. The molecule has 6 atom stereocenters. The van der Waals surface area contributed by atoms with E-state index in [1.807, 2.05) is 0 Å². The first-order chi connectivity index (χ1) is 10.6. The minimum Gasteiger partial charge on any atom is -0.303 e. The average molecular weight is 305 g/mol. The number of hydrogen-bond acceptors (Lipinski definition) is 2. The van der Waals surface area contributed by atoms with Crippen molar-refractivity contribution in [3.8, 4) is 0 Å². The van der Waals surface area contributed by atoms with Crippen LogP contribution in [-0.4, -0.2) is 47.6 Å². The molecule has 2 saturated heterocycles. The molecule has 0 spiro atoms. The highest BCUT2D eigenvalue weighted by Crippen LogP contribution is 2.47. The lowest BCUT2D eigenvalue weighted by atomic mass is 9.71. The van der Waals surface area contributed by atoms with Crippen molar-refractivity contribution in [2.75, 3.05) is 13.6 Å². The molecule has 0 N–H and O–H groups in total. The Labute approximate surface area is 137 Å². The molecule has 22 heavy (non-hydrogen) atoms. The van der Waals surface area contributed by atoms with Gasteiger partial charge in [0.25, 0.3) is 0 Å². The van der Waals surface area contributed by atoms with Gasteiger partial charge in [-0.3, -0.25) is 4.90 Å². The molecule has 0 amide bonds. The van der Waals surface area contributed by atoms with Crippen molar-refractivity contribution in [3.63, 3.8) is 0 Å². The van der Waals surface area contributed by atoms with Crippen molar-refractivity contribution in [3.05, 3.63) is 0 Å². The number of nitrogens with zero attached hydrogens (tertiary/aromatic N) is 2. The monoisotopic (exact) mass is 304 g/mol. The fourth-order valence-electron chi connectivity index (χ4n) is 6.77. The Balaban J connectivity index is 1.50. The van der Waals surface area contributed by atoms with E-state index in [1.165, 1.54) is 64.3 Å². The fraction of sp³-hybridized carbons (Fsp3) is 1.00. The molecule has 2 aliphatic heterocycles. The Bertz CT molecular complexity index is 393. The summed E-state index contributed by atoms with van der Waals surface area (Å²) in [5.41, 5.74) is 0. The summed E-state index contributed by atoms with van der Waals surface area (Å²) in [7, 11) is 2.38. The molecule has 2 heterocycles. The molecule has 2 aliphatic carbocycles. The highest BCUT2D eigenvalue weighted by Gasteiger charge is 2.46. The number of likely N-dealkylation sites (tertiary alicyclic amines) is 2. The normalized spacial score (nSPS) is 46.9. The Hall–Kier alpha value is -0.0800. The summed E-state index contributed by atoms with van der Waals surface area (Å²) in [6.45, 7) is 6.27. The van der Waals surface area contributed by atoms with Crippen molar-refractivity contribution in [1.82, 2.24) is 9.80 Å². The summed E-state index contributed by atoms with van der Waals surface area (Å²) < 4.78 is 0. The lowest BCUT2D eigenvalue weighted by molar-refractivity contribution is -0.0198. The van der Waals surface area contributed by atoms with Gasteiger partial charge in [-0.1, -0.05) is 6.42 Å². The topological polar surface area (TPSA) is 6.48 Å². The highest BCUT2D eigenvalue weighted by molar-refractivity contribution is 5.00. The predicted molar refractivity (Wildman–Crippen MR) is 93.0 cm³/mol. The SMILES string of the molecule is CC(C)N1C2CCCC2CCC1C1CCC2CCN(C)C2C1. The van der Waals surface area contributed by atoms with E-state index in [4.69, 9.17) is 0 Å². The molecule has 0 aromatic rings. The van der Waals surface area contributed by atoms with Gasteiger partial charge in [-0.05, 0) is 96.6 Å². The standard InChI is InChI=1S/C20H36N2/c1-14(2)22-18-6-4-5-15(18)9-10-19(22)17-8-7-16-11-12-21(3)20(16)13-17/h14-20H,4-13H2,1-3H3. The Morgan fingerprint density at radius 1 is 0.727 bits per heavy atom. The molecule has 2 heteroatoms. The molecule has 4 rings (SSSR count). The Morgan fingerprint density at radius 2 is 1.41 bits per heavy atom. The second kappa shape index (κ2) is 6.09. The van der Waals surface area contributed by atoms with Crippen molar-refractivity contribution in [1.29, 1.82) is 0 Å². The molecule has 0 aromatic carbocycles. The maximum Gasteiger partial charge on any atom is 0.0130 e. The average Bonchev–Trinajstić information content (AvgIpc) is 3.12. The zero-order chi connectivity index (χ0) is 15.3. The van der Waals surface area contributed by atoms with E-state index in [0.717, 1.165) is 41.9 Å². The second-order valence-electron chi connectivity index (χ2n) is 9.11. The molecule has 0 radical (unpaired) electrons. The summed E-state index contributed by atoms with van der Waals surface area (Å²) in [5, 5.41) is 0. The third kappa shape index (κ3) is 2.55. The van der Waals surface area contributed by atoms with E-state index < -0.39 is 0 Å². The van der Waals surface area contributed by atoms with E-state index in [1.54, 1.807) is 0 Å². The van der Waals surface area contributed by atoms with Crippen molar-refractivity contribution in [2.24, 2.45) is 17.8 Å². The molecule has 0 bridgehead atoms. The molecule has 2 nitrogen and oxygen atoms in total. The van der Waals surface area contributed by atoms with Gasteiger partial charge in [0.05, 0.1) is 0 Å². The Kier molecular flexibility index (Phi) is 4.28. The first-order valence-electron chi connectivity index (χ1n) is 10.1. The summed E-state index contributed by atoms with van der Waals surface area (Å²) in [6, 6.07) is 3.48. The smallest absolute Gasteiger partial charge is 0.0130 e. The maximum absolute atomic E-state index is 3.00. The first-order valence-corrected chi connectivity index (χ1v) is 10.1. The lowest BCUT2D eigenvalue weighted by Gasteiger charge is -2.51. The fourth-order valence-corrected chi connectivity index (χ4v) is 6.77. The minimum atomic E-state index is 0.745. The van der Waals surface area contributed by atoms with Crippen LogP contribution in [-0.2, 0) is 0 Å². The van der Waals surface area contributed by atoms with Crippen LogP contribution in [0.5, 0.6) is 0 Å². The zero-order valence-electron chi connectivity index (χ0n) is 15.0. The lowest BCUT2D eigenvalue weighted by Crippen LogP contribution is -2.56. The van der Waals surface area contributed by atoms with E-state index in [2.05, 4.69) is 30.7 Å². The van der Waals surface area contributed by atoms with Crippen LogP contribution in [0.1, 0.15) is 71.6 Å². The van der Waals surface area contributed by atoms with Crippen LogP contribution in [0.25, 0.3) is 0 Å². The molecule has 6 unspecified atom stereocenters. The van der Waals surface area contributed by atoms with E-state index >= 15 is 0 Å². The van der Waals surface area contributed by atoms with Crippen LogP contribution >= 0.6 is 0 Å². The number of piperidine rings is 1. The van der Waals surface area contributed by atoms with Crippen molar-refractivity contribution in [2.45, 2.75) is 95.8 Å². The van der Waals surface area contributed by atoms with Gasteiger partial charge in [0, 0.05) is 24.2 Å². The van der Waals surface area contributed by atoms with Crippen LogP contribution < -0.4 is 0 Å². The van der Waals surface area contributed by atoms with E-state index in [-0.39, 0.29) is 0 Å². The maximum atomic E-state index is 3.00. The van der Waals surface area contributed by atoms with Crippen LogP contribution in [0, 0.1) is 17.8 Å². The van der Waals surface area contributed by atoms with Gasteiger partial charge in [-0.2, -0.15) is 0 Å². The summed E-state index contributed by atoms with van der Waals surface area (Å²) in [5.74, 6) is 3.03. The third-order valence-electron chi connectivity index (χ3n) is 7.77. The second-order valence-corrected chi connectivity index (χ2v) is 9.11. The summed E-state index contributed by atoms with van der Waals surface area (Å²) >= 11 is 0. The van der Waals surface area contributed by atoms with Crippen LogP contribution in [0.3, 0.4) is 0 Å². The summed E-state index contributed by atoms with van der Waals surface area (Å²) in [6.07, 6.45) is 13.5. The quantitative estimate of drug-likeness (QED) is 0.756. The zero-order valence-corrected chi connectivity index (χ0v) is 15.0. The van der Waals surface area contributed by atoms with Crippen molar-refractivity contribution >= 4 is 0 Å². The largest absolute Gasteiger partial charge is 0.303 e. The van der Waals surface area contributed by atoms with Gasteiger partial charge in [0.1, 0.15) is 0 Å². The van der Waals surface area contributed by atoms with Gasteiger partial charge < -0.3 is 4.90 Å². The number of fused-ring (bicyclic) bond motifs is 2. The third-order valence-corrected chi connectivity index (χ3v) is 7.77. The predicted octanol–water partition coefficient (Wildman–Crippen LogP) is 4.15. The van der Waals surface area contributed by atoms with Crippen LogP contribution in [0.15, 0.2) is 0 Å². The molecule has 2 saturated carbocycles. The van der Waals surface area contributed by atoms with E-state index in [9.17, 15) is 0 Å². The van der Waals surface area contributed by atoms with E-state index in [0.29, 0.717) is 0 Å². The van der Waals surface area contributed by atoms with Gasteiger partial charge in [0.15, 0.2) is 0 Å². The number of hydrogen-bond donors (Lipinski definition) is 0. The van der Waals surface area contributed by atoms with Crippen molar-refractivity contribution < 1.29 is 0 Å². The van der Waals surface area contributed by atoms with Crippen LogP contribution in [0.4, 0.5) is 0 Å². The molecule has 4 aliphatic rings. The number of rotatable bonds is 2. The summed E-state index contributed by atoms with van der Waals surface area (Å²) in [4.78, 5) is 5.68. The van der Waals surface area contributed by atoms with Gasteiger partial charge >= 0.3 is 0 Å². The van der Waals surface area contributed by atoms with Gasteiger partial charge in [-0.25, -0.2) is 0 Å². The van der Waals surface area contributed by atoms with Crippen LogP contribution in [0.2, 0.25) is 0 Å². The van der Waals surface area contributed by atoms with Gasteiger partial charge in [0.2, 0.25) is 0 Å². The molecule has 126 valence electrons. The minimum absolute atomic E-state index is 0.745. The molecule has 4 fully saturated rings.